The highest BCUT2D eigenvalue weighted by atomic mass is 35.5. The van der Waals surface area contributed by atoms with E-state index in [2.05, 4.69) is 5.10 Å². The van der Waals surface area contributed by atoms with Gasteiger partial charge >= 0.3 is 6.18 Å². The molecule has 4 nitrogen and oxygen atoms in total. The van der Waals surface area contributed by atoms with Crippen molar-refractivity contribution in [2.24, 2.45) is 5.73 Å². The normalized spacial score (nSPS) is 11.6. The first kappa shape index (κ1) is 13.4. The van der Waals surface area contributed by atoms with Gasteiger partial charge < -0.3 is 5.73 Å². The van der Waals surface area contributed by atoms with Gasteiger partial charge in [-0.15, -0.1) is 0 Å². The number of alkyl halides is 3. The zero-order valence-electron chi connectivity index (χ0n) is 9.37. The van der Waals surface area contributed by atoms with Crippen LogP contribution in [0.2, 0.25) is 5.02 Å². The van der Waals surface area contributed by atoms with Crippen molar-refractivity contribution in [1.82, 2.24) is 9.78 Å². The molecule has 2 aromatic rings. The van der Waals surface area contributed by atoms with Crippen molar-refractivity contribution in [2.75, 3.05) is 0 Å². The third kappa shape index (κ3) is 2.70. The molecule has 0 saturated heterocycles. The molecule has 0 atom stereocenters. The Kier molecular flexibility index (Phi) is 3.23. The van der Waals surface area contributed by atoms with Crippen LogP contribution in [-0.4, -0.2) is 15.6 Å². The lowest BCUT2D eigenvalue weighted by Crippen LogP contribution is -2.12. The van der Waals surface area contributed by atoms with Crippen LogP contribution in [0.15, 0.2) is 30.5 Å². The largest absolute Gasteiger partial charge is 0.435 e. The van der Waals surface area contributed by atoms with Gasteiger partial charge in [0, 0.05) is 11.8 Å². The van der Waals surface area contributed by atoms with Gasteiger partial charge in [-0.3, -0.25) is 5.41 Å². The first-order chi connectivity index (χ1) is 8.79. The molecule has 1 aromatic heterocycles. The van der Waals surface area contributed by atoms with Crippen LogP contribution in [-0.2, 0) is 6.18 Å². The molecule has 0 aliphatic heterocycles. The van der Waals surface area contributed by atoms with Gasteiger partial charge in [0.15, 0.2) is 5.69 Å². The van der Waals surface area contributed by atoms with Crippen LogP contribution in [0.5, 0.6) is 0 Å². The highest BCUT2D eigenvalue weighted by Crippen LogP contribution is 2.28. The molecule has 1 aromatic carbocycles. The molecule has 8 heteroatoms. The van der Waals surface area contributed by atoms with Gasteiger partial charge in [0.2, 0.25) is 0 Å². The lowest BCUT2D eigenvalue weighted by Gasteiger charge is -2.06. The maximum Gasteiger partial charge on any atom is 0.435 e. The second kappa shape index (κ2) is 4.58. The van der Waals surface area contributed by atoms with Crippen molar-refractivity contribution in [3.8, 4) is 5.69 Å². The Morgan fingerprint density at radius 3 is 2.47 bits per heavy atom. The summed E-state index contributed by atoms with van der Waals surface area (Å²) in [5, 5.41) is 10.8. The Morgan fingerprint density at radius 1 is 1.32 bits per heavy atom. The molecular weight excluding hydrogens is 281 g/mol. The summed E-state index contributed by atoms with van der Waals surface area (Å²) in [6.45, 7) is 0. The van der Waals surface area contributed by atoms with Gasteiger partial charge in [0.25, 0.3) is 0 Å². The molecule has 0 amide bonds. The zero-order chi connectivity index (χ0) is 14.2. The molecule has 0 aliphatic carbocycles. The summed E-state index contributed by atoms with van der Waals surface area (Å²) in [5.41, 5.74) is 4.97. The van der Waals surface area contributed by atoms with Gasteiger partial charge in [-0.1, -0.05) is 11.6 Å². The second-order valence-corrected chi connectivity index (χ2v) is 4.13. The number of nitrogen functional groups attached to an aromatic ring is 1. The second-order valence-electron chi connectivity index (χ2n) is 3.72. The number of rotatable bonds is 2. The topological polar surface area (TPSA) is 67.7 Å². The third-order valence-electron chi connectivity index (χ3n) is 2.39. The van der Waals surface area contributed by atoms with Crippen LogP contribution < -0.4 is 5.73 Å². The Bertz CT molecular complexity index is 633. The van der Waals surface area contributed by atoms with E-state index < -0.39 is 11.9 Å². The van der Waals surface area contributed by atoms with Crippen LogP contribution in [0.4, 0.5) is 13.2 Å². The SMILES string of the molecule is N=C(N)c1ccc(-n2ccc(C(F)(F)F)n2)cc1Cl. The fraction of sp³-hybridized carbons (Fsp3) is 0.0909. The first-order valence-electron chi connectivity index (χ1n) is 5.06. The van der Waals surface area contributed by atoms with E-state index in [0.717, 1.165) is 10.7 Å². The number of hydrogen-bond donors (Lipinski definition) is 2. The average molecular weight is 289 g/mol. The highest BCUT2D eigenvalue weighted by molar-refractivity contribution is 6.34. The zero-order valence-corrected chi connectivity index (χ0v) is 10.1. The standard InChI is InChI=1S/C11H8ClF3N4/c12-8-5-6(1-2-7(8)10(16)17)19-4-3-9(18-19)11(13,14)15/h1-5H,(H3,16,17). The summed E-state index contributed by atoms with van der Waals surface area (Å²) in [7, 11) is 0. The van der Waals surface area contributed by atoms with Gasteiger partial charge in [-0.25, -0.2) is 4.68 Å². The van der Waals surface area contributed by atoms with Crippen molar-refractivity contribution < 1.29 is 13.2 Å². The van der Waals surface area contributed by atoms with Gasteiger partial charge in [0.05, 0.1) is 10.7 Å². The Hall–Kier alpha value is -2.02. The van der Waals surface area contributed by atoms with E-state index in [0.29, 0.717) is 11.3 Å². The van der Waals surface area contributed by atoms with E-state index in [9.17, 15) is 13.2 Å². The van der Waals surface area contributed by atoms with Crippen LogP contribution in [0.25, 0.3) is 5.69 Å². The van der Waals surface area contributed by atoms with E-state index in [4.69, 9.17) is 22.7 Å². The summed E-state index contributed by atoms with van der Waals surface area (Å²) >= 11 is 5.89. The van der Waals surface area contributed by atoms with Crippen LogP contribution >= 0.6 is 11.6 Å². The predicted octanol–water partition coefficient (Wildman–Crippen LogP) is 2.83. The first-order valence-corrected chi connectivity index (χ1v) is 5.44. The summed E-state index contributed by atoms with van der Waals surface area (Å²) in [6.07, 6.45) is -3.31. The number of amidine groups is 1. The lowest BCUT2D eigenvalue weighted by atomic mass is 10.2. The number of aromatic nitrogens is 2. The smallest absolute Gasteiger partial charge is 0.384 e. The van der Waals surface area contributed by atoms with Crippen molar-refractivity contribution in [2.45, 2.75) is 6.18 Å². The molecule has 0 saturated carbocycles. The molecular formula is C11H8ClF3N4. The van der Waals surface area contributed by atoms with E-state index in [1.165, 1.54) is 24.4 Å². The Labute approximate surface area is 111 Å². The van der Waals surface area contributed by atoms with Gasteiger partial charge in [0.1, 0.15) is 5.84 Å². The van der Waals surface area contributed by atoms with Crippen LogP contribution in [0.1, 0.15) is 11.3 Å². The maximum atomic E-state index is 12.4. The quantitative estimate of drug-likeness (QED) is 0.659. The van der Waals surface area contributed by atoms with Crippen LogP contribution in [0.3, 0.4) is 0 Å². The molecule has 100 valence electrons. The Morgan fingerprint density at radius 2 is 2.00 bits per heavy atom. The lowest BCUT2D eigenvalue weighted by molar-refractivity contribution is -0.141. The molecule has 2 rings (SSSR count). The van der Waals surface area contributed by atoms with Crippen molar-refractivity contribution in [1.29, 1.82) is 5.41 Å². The number of benzene rings is 1. The minimum atomic E-state index is -4.49. The summed E-state index contributed by atoms with van der Waals surface area (Å²) in [4.78, 5) is 0. The van der Waals surface area contributed by atoms with Crippen LogP contribution in [0, 0.1) is 5.41 Å². The fourth-order valence-electron chi connectivity index (χ4n) is 1.48. The minimum absolute atomic E-state index is 0.175. The number of hydrogen-bond acceptors (Lipinski definition) is 2. The molecule has 0 bridgehead atoms. The molecule has 0 unspecified atom stereocenters. The average Bonchev–Trinajstić information content (AvgIpc) is 2.76. The molecule has 0 spiro atoms. The van der Waals surface area contributed by atoms with Crippen molar-refractivity contribution in [3.05, 3.63) is 46.7 Å². The number of nitrogens with two attached hydrogens (primary N) is 1. The number of halogens is 4. The number of nitrogens with zero attached hydrogens (tertiary/aromatic N) is 2. The fourth-order valence-corrected chi connectivity index (χ4v) is 1.76. The summed E-state index contributed by atoms with van der Waals surface area (Å²) in [5.74, 6) is -0.215. The summed E-state index contributed by atoms with van der Waals surface area (Å²) < 4.78 is 38.3. The van der Waals surface area contributed by atoms with Gasteiger partial charge in [-0.05, 0) is 24.3 Å². The molecule has 3 N–H and O–H groups in total. The maximum absolute atomic E-state index is 12.4. The van der Waals surface area contributed by atoms with Crippen molar-refractivity contribution in [3.63, 3.8) is 0 Å². The molecule has 0 radical (unpaired) electrons. The molecule has 1 heterocycles. The highest BCUT2D eigenvalue weighted by Gasteiger charge is 2.33. The van der Waals surface area contributed by atoms with E-state index in [1.807, 2.05) is 0 Å². The summed E-state index contributed by atoms with van der Waals surface area (Å²) in [6, 6.07) is 5.20. The Balaban J connectivity index is 2.40. The third-order valence-corrected chi connectivity index (χ3v) is 2.70. The monoisotopic (exact) mass is 288 g/mol. The number of nitrogens with one attached hydrogen (secondary N) is 1. The van der Waals surface area contributed by atoms with Gasteiger partial charge in [-0.2, -0.15) is 18.3 Å². The molecule has 19 heavy (non-hydrogen) atoms. The minimum Gasteiger partial charge on any atom is -0.384 e. The molecule has 0 fully saturated rings. The van der Waals surface area contributed by atoms with E-state index in [1.54, 1.807) is 0 Å². The predicted molar refractivity (Wildman–Crippen MR) is 64.6 cm³/mol. The van der Waals surface area contributed by atoms with E-state index >= 15 is 0 Å². The molecule has 0 aliphatic rings. The van der Waals surface area contributed by atoms with E-state index in [-0.39, 0.29) is 10.9 Å². The van der Waals surface area contributed by atoms with Crippen molar-refractivity contribution >= 4 is 17.4 Å².